The number of aryl methyl sites for hydroxylation is 1. The zero-order valence-corrected chi connectivity index (χ0v) is 20.5. The van der Waals surface area contributed by atoms with Gasteiger partial charge in [0.1, 0.15) is 5.82 Å². The molecule has 0 saturated carbocycles. The molecule has 0 aliphatic carbocycles. The van der Waals surface area contributed by atoms with Crippen molar-refractivity contribution >= 4 is 28.5 Å². The molecular weight excluding hydrogens is 440 g/mol. The Labute approximate surface area is 205 Å². The SMILES string of the molecule is CONCc1ccc(C)c(Nc2nc(N3CCCN(C)CC3)nc3c2cnn3-c2ccccc2)c1. The Morgan fingerprint density at radius 1 is 1.00 bits per heavy atom. The average Bonchev–Trinajstić information content (AvgIpc) is 3.19. The molecule has 9 heteroatoms. The van der Waals surface area contributed by atoms with Gasteiger partial charge in [-0.15, -0.1) is 0 Å². The van der Waals surface area contributed by atoms with Crippen molar-refractivity contribution in [1.82, 2.24) is 30.1 Å². The number of rotatable bonds is 7. The predicted molar refractivity (Wildman–Crippen MR) is 139 cm³/mol. The number of likely N-dealkylation sites (N-methyl/N-ethyl adjacent to an activating group) is 1. The molecule has 3 heterocycles. The Balaban J connectivity index is 1.59. The van der Waals surface area contributed by atoms with E-state index in [1.165, 1.54) is 0 Å². The van der Waals surface area contributed by atoms with Gasteiger partial charge in [0.25, 0.3) is 0 Å². The molecule has 0 radical (unpaired) electrons. The number of hydrogen-bond acceptors (Lipinski definition) is 8. The van der Waals surface area contributed by atoms with Crippen LogP contribution in [0, 0.1) is 6.92 Å². The Kier molecular flexibility index (Phi) is 6.89. The zero-order valence-electron chi connectivity index (χ0n) is 20.5. The molecule has 0 unspecified atom stereocenters. The summed E-state index contributed by atoms with van der Waals surface area (Å²) in [5, 5.41) is 9.16. The van der Waals surface area contributed by atoms with Crippen LogP contribution in [0.1, 0.15) is 17.5 Å². The van der Waals surface area contributed by atoms with Crippen LogP contribution in [0.3, 0.4) is 0 Å². The average molecular weight is 473 g/mol. The van der Waals surface area contributed by atoms with Crippen LogP contribution in [-0.4, -0.2) is 65.0 Å². The Hall–Kier alpha value is -3.53. The van der Waals surface area contributed by atoms with E-state index in [1.807, 2.05) is 41.2 Å². The van der Waals surface area contributed by atoms with Crippen LogP contribution in [0.4, 0.5) is 17.5 Å². The maximum atomic E-state index is 5.03. The smallest absolute Gasteiger partial charge is 0.229 e. The third-order valence-corrected chi connectivity index (χ3v) is 6.40. The van der Waals surface area contributed by atoms with E-state index in [9.17, 15) is 0 Å². The first-order valence-corrected chi connectivity index (χ1v) is 12.0. The van der Waals surface area contributed by atoms with Gasteiger partial charge in [0, 0.05) is 31.9 Å². The summed E-state index contributed by atoms with van der Waals surface area (Å²) >= 11 is 0. The zero-order chi connectivity index (χ0) is 24.2. The lowest BCUT2D eigenvalue weighted by Gasteiger charge is -2.22. The lowest BCUT2D eigenvalue weighted by atomic mass is 10.1. The lowest BCUT2D eigenvalue weighted by molar-refractivity contribution is 0.0867. The van der Waals surface area contributed by atoms with Gasteiger partial charge in [-0.1, -0.05) is 30.3 Å². The largest absolute Gasteiger partial charge is 0.339 e. The molecular formula is C26H32N8O. The van der Waals surface area contributed by atoms with Gasteiger partial charge in [-0.3, -0.25) is 0 Å². The minimum atomic E-state index is 0.614. The van der Waals surface area contributed by atoms with E-state index in [2.05, 4.69) is 57.9 Å². The van der Waals surface area contributed by atoms with Crippen LogP contribution in [0.25, 0.3) is 16.7 Å². The molecule has 1 saturated heterocycles. The molecule has 0 bridgehead atoms. The van der Waals surface area contributed by atoms with Gasteiger partial charge in [0.2, 0.25) is 5.95 Å². The van der Waals surface area contributed by atoms with Crippen LogP contribution in [-0.2, 0) is 11.4 Å². The van der Waals surface area contributed by atoms with Crippen LogP contribution in [0.5, 0.6) is 0 Å². The Morgan fingerprint density at radius 2 is 1.86 bits per heavy atom. The molecule has 0 atom stereocenters. The molecule has 2 aromatic carbocycles. The van der Waals surface area contributed by atoms with Crippen LogP contribution in [0.15, 0.2) is 54.7 Å². The first kappa shape index (κ1) is 23.2. The summed E-state index contributed by atoms with van der Waals surface area (Å²) in [6, 6.07) is 16.4. The fourth-order valence-corrected chi connectivity index (χ4v) is 4.33. The predicted octanol–water partition coefficient (Wildman–Crippen LogP) is 3.66. The topological polar surface area (TPSA) is 83.4 Å². The summed E-state index contributed by atoms with van der Waals surface area (Å²) in [4.78, 5) is 19.7. The van der Waals surface area contributed by atoms with Crippen LogP contribution >= 0.6 is 0 Å². The van der Waals surface area contributed by atoms with Crippen molar-refractivity contribution in [1.29, 1.82) is 0 Å². The van der Waals surface area contributed by atoms with E-state index < -0.39 is 0 Å². The van der Waals surface area contributed by atoms with E-state index >= 15 is 0 Å². The number of hydrogen-bond donors (Lipinski definition) is 2. The Morgan fingerprint density at radius 3 is 2.69 bits per heavy atom. The molecule has 2 N–H and O–H groups in total. The molecule has 4 aromatic rings. The maximum absolute atomic E-state index is 5.03. The highest BCUT2D eigenvalue weighted by molar-refractivity contribution is 5.90. The van der Waals surface area contributed by atoms with Gasteiger partial charge in [0.05, 0.1) is 24.4 Å². The molecule has 1 fully saturated rings. The number of fused-ring (bicyclic) bond motifs is 1. The molecule has 35 heavy (non-hydrogen) atoms. The summed E-state index contributed by atoms with van der Waals surface area (Å²) in [5.74, 6) is 1.48. The van der Waals surface area contributed by atoms with Crippen LogP contribution in [0.2, 0.25) is 0 Å². The van der Waals surface area contributed by atoms with Gasteiger partial charge in [-0.2, -0.15) is 20.5 Å². The van der Waals surface area contributed by atoms with Crippen molar-refractivity contribution in [2.75, 3.05) is 50.6 Å². The van der Waals surface area contributed by atoms with E-state index in [4.69, 9.17) is 14.8 Å². The monoisotopic (exact) mass is 472 g/mol. The lowest BCUT2D eigenvalue weighted by Crippen LogP contribution is -2.30. The molecule has 0 amide bonds. The van der Waals surface area contributed by atoms with E-state index in [0.717, 1.165) is 77.9 Å². The highest BCUT2D eigenvalue weighted by Gasteiger charge is 2.20. The second-order valence-corrected chi connectivity index (χ2v) is 8.94. The maximum Gasteiger partial charge on any atom is 0.229 e. The van der Waals surface area contributed by atoms with Crippen molar-refractivity contribution in [2.24, 2.45) is 0 Å². The van der Waals surface area contributed by atoms with Gasteiger partial charge < -0.3 is 20.0 Å². The molecule has 182 valence electrons. The highest BCUT2D eigenvalue weighted by Crippen LogP contribution is 2.30. The molecule has 1 aliphatic heterocycles. The highest BCUT2D eigenvalue weighted by atomic mass is 16.6. The standard InChI is InChI=1S/C26H32N8O/c1-19-10-11-20(17-28-35-3)16-23(19)29-24-22-18-27-34(21-8-5-4-6-9-21)25(22)31-26(30-24)33-13-7-12-32(2)14-15-33/h4-6,8-11,16,18,28H,7,12-15,17H2,1-3H3,(H,29,30,31). The minimum absolute atomic E-state index is 0.614. The fourth-order valence-electron chi connectivity index (χ4n) is 4.33. The first-order valence-electron chi connectivity index (χ1n) is 12.0. The summed E-state index contributed by atoms with van der Waals surface area (Å²) < 4.78 is 1.89. The van der Waals surface area contributed by atoms with Gasteiger partial charge >= 0.3 is 0 Å². The van der Waals surface area contributed by atoms with Gasteiger partial charge in [-0.05, 0) is 56.3 Å². The summed E-state index contributed by atoms with van der Waals surface area (Å²) in [5.41, 5.74) is 7.91. The second-order valence-electron chi connectivity index (χ2n) is 8.94. The van der Waals surface area contributed by atoms with Gasteiger partial charge in [0.15, 0.2) is 5.65 Å². The molecule has 2 aromatic heterocycles. The second kappa shape index (κ2) is 10.4. The quantitative estimate of drug-likeness (QED) is 0.395. The van der Waals surface area contributed by atoms with E-state index in [1.54, 1.807) is 7.11 Å². The Bertz CT molecular complexity index is 1290. The first-order chi connectivity index (χ1) is 17.1. The third-order valence-electron chi connectivity index (χ3n) is 6.40. The number of para-hydroxylation sites is 1. The van der Waals surface area contributed by atoms with Crippen molar-refractivity contribution in [3.05, 3.63) is 65.9 Å². The van der Waals surface area contributed by atoms with Crippen molar-refractivity contribution in [3.8, 4) is 5.69 Å². The van der Waals surface area contributed by atoms with Crippen molar-refractivity contribution < 1.29 is 4.84 Å². The minimum Gasteiger partial charge on any atom is -0.339 e. The third kappa shape index (κ3) is 5.12. The van der Waals surface area contributed by atoms with Crippen LogP contribution < -0.4 is 15.7 Å². The number of nitrogens with zero attached hydrogens (tertiary/aromatic N) is 6. The number of benzene rings is 2. The molecule has 5 rings (SSSR count). The molecule has 0 spiro atoms. The number of nitrogens with one attached hydrogen (secondary N) is 2. The normalized spacial score (nSPS) is 14.9. The van der Waals surface area contributed by atoms with E-state index in [0.29, 0.717) is 6.54 Å². The van der Waals surface area contributed by atoms with Crippen molar-refractivity contribution in [3.63, 3.8) is 0 Å². The number of anilines is 3. The summed E-state index contributed by atoms with van der Waals surface area (Å²) in [6.07, 6.45) is 2.92. The molecule has 1 aliphatic rings. The molecule has 9 nitrogen and oxygen atoms in total. The van der Waals surface area contributed by atoms with Gasteiger partial charge in [-0.25, -0.2) is 4.68 Å². The van der Waals surface area contributed by atoms with Crippen molar-refractivity contribution in [2.45, 2.75) is 19.9 Å². The summed E-state index contributed by atoms with van der Waals surface area (Å²) in [7, 11) is 3.79. The number of aromatic nitrogens is 4. The summed E-state index contributed by atoms with van der Waals surface area (Å²) in [6.45, 7) is 6.57. The van der Waals surface area contributed by atoms with E-state index in [-0.39, 0.29) is 0 Å². The number of hydroxylamine groups is 1. The fraction of sp³-hybridized carbons (Fsp3) is 0.346.